The van der Waals surface area contributed by atoms with Crippen molar-refractivity contribution in [2.24, 2.45) is 23.7 Å². The molecule has 2 heterocycles. The van der Waals surface area contributed by atoms with Gasteiger partial charge in [0.2, 0.25) is 23.6 Å². The Hall–Kier alpha value is -3.79. The molecule has 1 saturated carbocycles. The van der Waals surface area contributed by atoms with E-state index in [-0.39, 0.29) is 60.6 Å². The molecule has 5 amide bonds. The molecule has 3 fully saturated rings. The topological polar surface area (TPSA) is 179 Å². The number of hydrogen-bond acceptors (Lipinski definition) is 9. The number of likely N-dealkylation sites (N-methyl/N-ethyl adjacent to an activating group) is 2. The van der Waals surface area contributed by atoms with Gasteiger partial charge in [0.25, 0.3) is 0 Å². The maximum atomic E-state index is 14.4. The van der Waals surface area contributed by atoms with Gasteiger partial charge in [-0.3, -0.25) is 29.4 Å². The largest absolute Gasteiger partial charge is 0.465 e. The minimum atomic E-state index is -1.16. The van der Waals surface area contributed by atoms with E-state index in [1.165, 1.54) is 0 Å². The molecule has 0 spiro atoms. The van der Waals surface area contributed by atoms with E-state index < -0.39 is 42.3 Å². The second-order valence-corrected chi connectivity index (χ2v) is 17.2. The van der Waals surface area contributed by atoms with E-state index in [4.69, 9.17) is 19.3 Å². The fraction of sp³-hybridized carbons (Fsp3) is 0.744. The van der Waals surface area contributed by atoms with Crippen LogP contribution in [0, 0.1) is 23.7 Å². The minimum Gasteiger partial charge on any atom is -0.465 e. The van der Waals surface area contributed by atoms with Crippen LogP contribution in [0.2, 0.25) is 0 Å². The van der Waals surface area contributed by atoms with Crippen LogP contribution < -0.4 is 16.0 Å². The van der Waals surface area contributed by atoms with Crippen molar-refractivity contribution < 1.29 is 43.3 Å². The highest BCUT2D eigenvalue weighted by molar-refractivity contribution is 5.90. The molecule has 0 radical (unpaired) electrons. The van der Waals surface area contributed by atoms with Gasteiger partial charge < -0.3 is 39.8 Å². The number of piperidine rings is 1. The predicted molar refractivity (Wildman–Crippen MR) is 221 cm³/mol. The van der Waals surface area contributed by atoms with Crippen LogP contribution in [0.25, 0.3) is 0 Å². The molecular formula is C43H70N6O9. The van der Waals surface area contributed by atoms with Crippen LogP contribution >= 0.6 is 0 Å². The normalized spacial score (nSPS) is 24.1. The summed E-state index contributed by atoms with van der Waals surface area (Å²) in [4.78, 5) is 72.9. The molecule has 0 aromatic heterocycles. The summed E-state index contributed by atoms with van der Waals surface area (Å²) in [5.41, 5.74) is 1.25. The summed E-state index contributed by atoms with van der Waals surface area (Å²) >= 11 is 0. The number of hydrogen-bond donors (Lipinski definition) is 4. The Morgan fingerprint density at radius 2 is 1.72 bits per heavy atom. The third kappa shape index (κ3) is 11.3. The van der Waals surface area contributed by atoms with Gasteiger partial charge in [-0.25, -0.2) is 4.79 Å². The van der Waals surface area contributed by atoms with E-state index in [0.717, 1.165) is 37.7 Å². The van der Waals surface area contributed by atoms with Crippen LogP contribution in [0.15, 0.2) is 24.3 Å². The fourth-order valence-electron chi connectivity index (χ4n) is 9.75. The molecule has 2 aliphatic heterocycles. The Labute approximate surface area is 345 Å². The molecule has 3 unspecified atom stereocenters. The Kier molecular flexibility index (Phi) is 17.4. The Balaban J connectivity index is 1.45. The number of carbonyl (C=O) groups is 5. The number of rotatable bonds is 21. The van der Waals surface area contributed by atoms with Gasteiger partial charge in [0.15, 0.2) is 0 Å². The number of ether oxygens (including phenoxy) is 3. The minimum absolute atomic E-state index is 0.0207. The molecule has 2 saturated heterocycles. The molecule has 2 bridgehead atoms. The number of nitrogens with zero attached hydrogens (tertiary/aromatic N) is 3. The van der Waals surface area contributed by atoms with Crippen molar-refractivity contribution >= 4 is 35.4 Å². The van der Waals surface area contributed by atoms with Crippen LogP contribution in [0.1, 0.15) is 85.1 Å². The summed E-state index contributed by atoms with van der Waals surface area (Å²) < 4.78 is 17.5. The van der Waals surface area contributed by atoms with Gasteiger partial charge in [-0.1, -0.05) is 53.2 Å². The second kappa shape index (κ2) is 21.5. The highest BCUT2D eigenvalue weighted by atomic mass is 16.5. The number of fused-ring (bicyclic) bond motifs is 2. The van der Waals surface area contributed by atoms with E-state index in [9.17, 15) is 24.0 Å². The monoisotopic (exact) mass is 815 g/mol. The van der Waals surface area contributed by atoms with Gasteiger partial charge >= 0.3 is 6.09 Å². The summed E-state index contributed by atoms with van der Waals surface area (Å²) in [6.45, 7) is 10.5. The zero-order valence-electron chi connectivity index (χ0n) is 36.4. The molecule has 4 N–H and O–H groups in total. The Bertz CT molecular complexity index is 1560. The van der Waals surface area contributed by atoms with E-state index in [0.29, 0.717) is 37.0 Å². The van der Waals surface area contributed by atoms with Gasteiger partial charge in [0.1, 0.15) is 6.04 Å². The molecule has 15 heteroatoms. The third-order valence-electron chi connectivity index (χ3n) is 13.0. The average Bonchev–Trinajstić information content (AvgIpc) is 3.94. The molecule has 3 aliphatic rings. The lowest BCUT2D eigenvalue weighted by Gasteiger charge is -2.41. The van der Waals surface area contributed by atoms with Crippen LogP contribution in [0.4, 0.5) is 10.5 Å². The van der Waals surface area contributed by atoms with Crippen LogP contribution in [0.5, 0.6) is 0 Å². The fourth-order valence-corrected chi connectivity index (χ4v) is 9.75. The molecule has 1 aromatic rings. The molecule has 1 aliphatic carbocycles. The zero-order chi connectivity index (χ0) is 42.8. The van der Waals surface area contributed by atoms with Gasteiger partial charge in [0, 0.05) is 46.7 Å². The Morgan fingerprint density at radius 1 is 1.00 bits per heavy atom. The number of carboxylic acid groups (broad SMARTS) is 1. The zero-order valence-corrected chi connectivity index (χ0v) is 36.4. The quantitative estimate of drug-likeness (QED) is 0.142. The first kappa shape index (κ1) is 46.9. The van der Waals surface area contributed by atoms with Gasteiger partial charge in [0.05, 0.1) is 55.3 Å². The molecule has 15 nitrogen and oxygen atoms in total. The second-order valence-electron chi connectivity index (χ2n) is 17.2. The summed E-state index contributed by atoms with van der Waals surface area (Å²) in [5.74, 6) is -1.19. The maximum absolute atomic E-state index is 14.4. The lowest BCUT2D eigenvalue weighted by molar-refractivity contribution is -0.148. The molecular weight excluding hydrogens is 745 g/mol. The van der Waals surface area contributed by atoms with Gasteiger partial charge in [-0.05, 0) is 81.0 Å². The molecule has 11 atom stereocenters. The first-order valence-electron chi connectivity index (χ1n) is 21.1. The Morgan fingerprint density at radius 3 is 2.31 bits per heavy atom. The summed E-state index contributed by atoms with van der Waals surface area (Å²) in [7, 11) is 8.44. The number of benzene rings is 1. The van der Waals surface area contributed by atoms with Crippen molar-refractivity contribution in [3.8, 4) is 0 Å². The third-order valence-corrected chi connectivity index (χ3v) is 13.0. The number of methoxy groups -OCH3 is 3. The molecule has 1 aromatic carbocycles. The number of amides is 5. The van der Waals surface area contributed by atoms with Crippen molar-refractivity contribution in [1.29, 1.82) is 0 Å². The van der Waals surface area contributed by atoms with Crippen LogP contribution in [0.3, 0.4) is 0 Å². The number of carbonyl (C=O) groups excluding carboxylic acids is 4. The standard InChI is InChI=1S/C43H70N6O9/c1-11-26(4)37(48(7)42(53)36(25(2)3)46-41(52)38-29-17-18-32(22-29)47(38)6)34(57-9)23-35(50)49-19-13-16-33(49)39(58-10)27(5)40(51)44-31(24-56-8)21-28-14-12-15-30(20-28)45-43(54)55/h12,14-15,20,25-27,29,31-34,36-39,45H,11,13,16-19,21-24H2,1-10H3,(H,44,51)(H,46,52)(H,54,55)/t26-,27+,29-,31?,32+,33?,34+,36?,37-,38-,39+/m0/s1. The number of nitrogens with one attached hydrogen (secondary N) is 3. The lowest BCUT2D eigenvalue weighted by atomic mass is 9.89. The molecule has 4 rings (SSSR count). The average molecular weight is 815 g/mol. The lowest BCUT2D eigenvalue weighted by Crippen LogP contribution is -2.60. The number of likely N-dealkylation sites (tertiary alicyclic amines) is 2. The predicted octanol–water partition coefficient (Wildman–Crippen LogP) is 3.99. The van der Waals surface area contributed by atoms with E-state index >= 15 is 0 Å². The van der Waals surface area contributed by atoms with Crippen molar-refractivity contribution in [3.05, 3.63) is 29.8 Å². The van der Waals surface area contributed by atoms with Crippen LogP contribution in [-0.4, -0.2) is 147 Å². The maximum Gasteiger partial charge on any atom is 0.409 e. The van der Waals surface area contributed by atoms with Crippen molar-refractivity contribution in [2.45, 2.75) is 134 Å². The van der Waals surface area contributed by atoms with E-state index in [1.807, 2.05) is 33.9 Å². The SMILES string of the molecule is CC[C@H](C)[C@@H]([C@@H](CC(=O)N1CCCC1[C@H](OC)[C@@H](C)C(=O)NC(COC)Cc1cccc(NC(=O)O)c1)OC)N(C)C(=O)C(NC(=O)[C@@H]1[C@H]2CC[C@H](C2)N1C)C(C)C. The van der Waals surface area contributed by atoms with Crippen molar-refractivity contribution in [3.63, 3.8) is 0 Å². The summed E-state index contributed by atoms with van der Waals surface area (Å²) in [5, 5.41) is 17.7. The number of anilines is 1. The van der Waals surface area contributed by atoms with E-state index in [1.54, 1.807) is 63.3 Å². The van der Waals surface area contributed by atoms with Crippen molar-refractivity contribution in [2.75, 3.05) is 53.9 Å². The highest BCUT2D eigenvalue weighted by Gasteiger charge is 2.49. The first-order chi connectivity index (χ1) is 27.6. The van der Waals surface area contributed by atoms with Gasteiger partial charge in [-0.15, -0.1) is 0 Å². The highest BCUT2D eigenvalue weighted by Crippen LogP contribution is 2.41. The summed E-state index contributed by atoms with van der Waals surface area (Å²) in [6, 6.07) is 5.23. The first-order valence-corrected chi connectivity index (χ1v) is 21.1. The smallest absolute Gasteiger partial charge is 0.409 e. The molecule has 58 heavy (non-hydrogen) atoms. The van der Waals surface area contributed by atoms with Crippen LogP contribution in [-0.2, 0) is 39.8 Å². The van der Waals surface area contributed by atoms with E-state index in [2.05, 4.69) is 27.8 Å². The summed E-state index contributed by atoms with van der Waals surface area (Å²) in [6.07, 6.45) is 3.34. The molecule has 326 valence electrons. The van der Waals surface area contributed by atoms with Crippen molar-refractivity contribution in [1.82, 2.24) is 25.3 Å². The van der Waals surface area contributed by atoms with Gasteiger partial charge in [-0.2, -0.15) is 0 Å².